The largest absolute Gasteiger partial charge is 0.446 e. The first-order valence-corrected chi connectivity index (χ1v) is 21.5. The van der Waals surface area contributed by atoms with Gasteiger partial charge in [-0.1, -0.05) is 61.6 Å². The van der Waals surface area contributed by atoms with Gasteiger partial charge in [-0.3, -0.25) is 32.5 Å². The Labute approximate surface area is 338 Å². The van der Waals surface area contributed by atoms with E-state index in [1.165, 1.54) is 28.8 Å². The lowest BCUT2D eigenvalue weighted by atomic mass is 10.1. The number of hydrogen-bond acceptors (Lipinski definition) is 12. The van der Waals surface area contributed by atoms with Crippen molar-refractivity contribution in [1.82, 2.24) is 34.1 Å². The van der Waals surface area contributed by atoms with Gasteiger partial charge in [0.2, 0.25) is 0 Å². The Morgan fingerprint density at radius 1 is 0.542 bits per heavy atom. The molecule has 306 valence electrons. The van der Waals surface area contributed by atoms with E-state index < -0.39 is 20.8 Å². The van der Waals surface area contributed by atoms with E-state index in [2.05, 4.69) is 18.7 Å². The molecule has 0 aliphatic carbocycles. The van der Waals surface area contributed by atoms with Crippen LogP contribution in [0.25, 0.3) is 44.6 Å². The highest BCUT2D eigenvalue weighted by Gasteiger charge is 2.17. The van der Waals surface area contributed by atoms with E-state index >= 15 is 0 Å². The summed E-state index contributed by atoms with van der Waals surface area (Å²) in [5.74, 6) is 0.619. The lowest BCUT2D eigenvalue weighted by molar-refractivity contribution is 0.384. The maximum absolute atomic E-state index is 13.7. The van der Waals surface area contributed by atoms with Crippen molar-refractivity contribution in [3.8, 4) is 34.3 Å². The molecule has 0 fully saturated rings. The molecule has 3 heterocycles. The molecule has 19 heteroatoms. The molecule has 0 saturated heterocycles. The van der Waals surface area contributed by atoms with Crippen molar-refractivity contribution in [3.05, 3.63) is 130 Å². The molecular formula is C40H39N7O10S2. The maximum atomic E-state index is 13.7. The summed E-state index contributed by atoms with van der Waals surface area (Å²) >= 11 is 0. The van der Waals surface area contributed by atoms with Crippen molar-refractivity contribution < 1.29 is 34.3 Å². The zero-order valence-electron chi connectivity index (χ0n) is 31.5. The maximum Gasteiger partial charge on any atom is 0.446 e. The van der Waals surface area contributed by atoms with Gasteiger partial charge in [-0.2, -0.15) is 16.8 Å². The van der Waals surface area contributed by atoms with Crippen LogP contribution in [0.2, 0.25) is 0 Å². The number of nitrogens with zero attached hydrogens (tertiary/aromatic N) is 7. The highest BCUT2D eigenvalue weighted by Crippen LogP contribution is 2.25. The molecule has 0 saturated carbocycles. The minimum absolute atomic E-state index is 0.0690. The molecular weight excluding hydrogens is 803 g/mol. The number of aryl methyl sites for hydroxylation is 1. The number of aromatic nitrogens is 7. The molecule has 7 rings (SSSR count). The quantitative estimate of drug-likeness (QED) is 0.0761. The van der Waals surface area contributed by atoms with Crippen LogP contribution >= 0.6 is 0 Å². The summed E-state index contributed by atoms with van der Waals surface area (Å²) < 4.78 is 76.4. The van der Waals surface area contributed by atoms with E-state index in [0.717, 1.165) is 44.9 Å². The molecule has 0 bridgehead atoms. The molecule has 0 atom stereocenters. The highest BCUT2D eigenvalue weighted by atomic mass is 32.3. The monoisotopic (exact) mass is 841 g/mol. The number of benzene rings is 4. The lowest BCUT2D eigenvalue weighted by Crippen LogP contribution is -2.24. The van der Waals surface area contributed by atoms with Crippen LogP contribution in [0.15, 0.2) is 113 Å². The molecule has 17 nitrogen and oxygen atoms in total. The Morgan fingerprint density at radius 3 is 1.49 bits per heavy atom. The Bertz CT molecular complexity index is 2950. The molecule has 4 aromatic carbocycles. The predicted octanol–water partition coefficient (Wildman–Crippen LogP) is 5.87. The number of fused-ring (bicyclic) bond motifs is 2. The van der Waals surface area contributed by atoms with Crippen LogP contribution in [0.4, 0.5) is 0 Å². The van der Waals surface area contributed by atoms with Gasteiger partial charge in [-0.25, -0.2) is 9.97 Å². The predicted molar refractivity (Wildman–Crippen MR) is 219 cm³/mol. The summed E-state index contributed by atoms with van der Waals surface area (Å²) in [4.78, 5) is 36.7. The third-order valence-electron chi connectivity index (χ3n) is 9.53. The molecule has 3 aromatic heterocycles. The molecule has 0 aliphatic rings. The lowest BCUT2D eigenvalue weighted by Gasteiger charge is -2.14. The summed E-state index contributed by atoms with van der Waals surface area (Å²) in [6, 6.07) is 25.8. The van der Waals surface area contributed by atoms with E-state index in [9.17, 15) is 26.4 Å². The van der Waals surface area contributed by atoms with Crippen LogP contribution in [0, 0.1) is 0 Å². The highest BCUT2D eigenvalue weighted by molar-refractivity contribution is 7.81. The second-order valence-corrected chi connectivity index (χ2v) is 15.8. The van der Waals surface area contributed by atoms with Crippen LogP contribution in [-0.4, -0.2) is 60.0 Å². The first kappa shape index (κ1) is 40.9. The Kier molecular flexibility index (Phi) is 12.3. The van der Waals surface area contributed by atoms with Gasteiger partial charge in [0.25, 0.3) is 11.1 Å². The zero-order valence-corrected chi connectivity index (χ0v) is 33.1. The third-order valence-corrected chi connectivity index (χ3v) is 10.3. The van der Waals surface area contributed by atoms with Gasteiger partial charge in [0.15, 0.2) is 0 Å². The van der Waals surface area contributed by atoms with Crippen LogP contribution in [-0.2, 0) is 40.4 Å². The number of hydrogen-bond donors (Lipinski definition) is 2. The van der Waals surface area contributed by atoms with Crippen molar-refractivity contribution in [3.63, 3.8) is 0 Å². The molecule has 0 spiro atoms. The fourth-order valence-corrected chi connectivity index (χ4v) is 7.51. The van der Waals surface area contributed by atoms with Gasteiger partial charge in [-0.15, -0.1) is 5.10 Å². The average Bonchev–Trinajstić information content (AvgIpc) is 3.65. The second-order valence-electron chi connectivity index (χ2n) is 13.8. The minimum Gasteiger partial charge on any atom is -0.362 e. The van der Waals surface area contributed by atoms with Gasteiger partial charge in [0, 0.05) is 24.2 Å². The molecule has 2 N–H and O–H groups in total. The Hall–Kier alpha value is -6.28. The summed E-state index contributed by atoms with van der Waals surface area (Å²) in [7, 11) is -9.37. The topological polar surface area (TPSA) is 228 Å². The molecule has 59 heavy (non-hydrogen) atoms. The van der Waals surface area contributed by atoms with Crippen molar-refractivity contribution >= 4 is 42.6 Å². The average molecular weight is 842 g/mol. The second kappa shape index (κ2) is 17.7. The van der Waals surface area contributed by atoms with Gasteiger partial charge >= 0.3 is 20.8 Å². The van der Waals surface area contributed by atoms with Crippen molar-refractivity contribution in [1.29, 1.82) is 0 Å². The van der Waals surface area contributed by atoms with E-state index in [1.807, 2.05) is 0 Å². The van der Waals surface area contributed by atoms with Gasteiger partial charge < -0.3 is 8.37 Å². The SMILES string of the molecule is O=c1c2ccccc2nc(-c2ccc(OS(=O)(=O)O)cc2)n1CCCCCCCCCn1cc(Cn2c(-c3ccc(OS(=O)(=O)O)cc3)nc3ccccc3c2=O)nn1. The zero-order chi connectivity index (χ0) is 41.6. The standard InChI is InChI=1S/C40H39N7O10S2/c48-39-33-12-6-8-14-35(33)41-37(28-16-20-31(21-17-28)56-58(50,51)52)46(39)25-11-5-3-1-2-4-10-24-45-26-30(43-44-45)27-47-38(42-36-15-9-7-13-34(36)40(47)49)29-18-22-32(23-19-29)57-59(53,54)55/h6-9,12-23,26H,1-5,10-11,24-25,27H2,(H,50,51,52)(H,53,54,55). The van der Waals surface area contributed by atoms with Crippen LogP contribution in [0.1, 0.15) is 50.6 Å². The van der Waals surface area contributed by atoms with Gasteiger partial charge in [0.1, 0.15) is 28.8 Å². The summed E-state index contributed by atoms with van der Waals surface area (Å²) in [6.45, 7) is 1.19. The molecule has 0 radical (unpaired) electrons. The number of rotatable bonds is 18. The van der Waals surface area contributed by atoms with Gasteiger partial charge in [0.05, 0.1) is 34.5 Å². The smallest absolute Gasteiger partial charge is 0.362 e. The first-order valence-electron chi connectivity index (χ1n) is 18.7. The van der Waals surface area contributed by atoms with Crippen molar-refractivity contribution in [2.75, 3.05) is 0 Å². The van der Waals surface area contributed by atoms with Gasteiger partial charge in [-0.05, 0) is 85.6 Å². The molecule has 0 amide bonds. The van der Waals surface area contributed by atoms with Crippen molar-refractivity contribution in [2.45, 2.75) is 64.6 Å². The first-order chi connectivity index (χ1) is 28.3. The van der Waals surface area contributed by atoms with E-state index in [1.54, 1.807) is 88.2 Å². The molecule has 7 aromatic rings. The number of unbranched alkanes of at least 4 members (excludes halogenated alkanes) is 6. The fraction of sp³-hybridized carbons (Fsp3) is 0.250. The third kappa shape index (κ3) is 10.4. The Balaban J connectivity index is 0.913. The van der Waals surface area contributed by atoms with Crippen molar-refractivity contribution in [2.24, 2.45) is 0 Å². The minimum atomic E-state index is -4.70. The fourth-order valence-electron chi connectivity index (χ4n) is 6.80. The van der Waals surface area contributed by atoms with Crippen LogP contribution in [0.5, 0.6) is 11.5 Å². The summed E-state index contributed by atoms with van der Waals surface area (Å²) in [5.41, 5.74) is 2.28. The normalized spacial score (nSPS) is 12.0. The van der Waals surface area contributed by atoms with Crippen LogP contribution < -0.4 is 19.5 Å². The van der Waals surface area contributed by atoms with Crippen LogP contribution in [0.3, 0.4) is 0 Å². The van der Waals surface area contributed by atoms with E-state index in [0.29, 0.717) is 63.4 Å². The summed E-state index contributed by atoms with van der Waals surface area (Å²) in [5, 5.41) is 9.51. The number of para-hydroxylation sites is 2. The van der Waals surface area contributed by atoms with E-state index in [4.69, 9.17) is 19.1 Å². The molecule has 0 aliphatic heterocycles. The summed E-state index contributed by atoms with van der Waals surface area (Å²) in [6.07, 6.45) is 8.31. The Morgan fingerprint density at radius 2 is 0.983 bits per heavy atom. The van der Waals surface area contributed by atoms with E-state index in [-0.39, 0.29) is 29.2 Å². The molecule has 0 unspecified atom stereocenters.